The van der Waals surface area contributed by atoms with Gasteiger partial charge in [-0.1, -0.05) is 0 Å². The van der Waals surface area contributed by atoms with Gasteiger partial charge in [0.15, 0.2) is 5.65 Å². The molecule has 0 aliphatic carbocycles. The molecule has 2 aromatic heterocycles. The van der Waals surface area contributed by atoms with Crippen molar-refractivity contribution in [1.29, 1.82) is 0 Å². The Morgan fingerprint density at radius 3 is 2.64 bits per heavy atom. The number of imidazole rings is 1. The summed E-state index contributed by atoms with van der Waals surface area (Å²) < 4.78 is 46.7. The van der Waals surface area contributed by atoms with E-state index in [1.807, 2.05) is 0 Å². The van der Waals surface area contributed by atoms with Gasteiger partial charge in [-0.15, -0.1) is 0 Å². The summed E-state index contributed by atoms with van der Waals surface area (Å²) in [6.45, 7) is 1.67. The fourth-order valence-electron chi connectivity index (χ4n) is 2.41. The Morgan fingerprint density at radius 1 is 1.18 bits per heavy atom. The van der Waals surface area contributed by atoms with Gasteiger partial charge in [-0.05, 0) is 25.1 Å². The van der Waals surface area contributed by atoms with E-state index in [2.05, 4.69) is 9.97 Å². The molecule has 0 N–H and O–H groups in total. The van der Waals surface area contributed by atoms with E-state index in [0.29, 0.717) is 17.0 Å². The van der Waals surface area contributed by atoms with E-state index in [-0.39, 0.29) is 11.3 Å². The van der Waals surface area contributed by atoms with Gasteiger partial charge in [0, 0.05) is 18.0 Å². The number of halogens is 3. The molecule has 0 atom stereocenters. The van der Waals surface area contributed by atoms with Crippen molar-refractivity contribution in [2.45, 2.75) is 13.1 Å². The van der Waals surface area contributed by atoms with Crippen LogP contribution in [-0.4, -0.2) is 21.5 Å². The minimum atomic E-state index is -4.50. The zero-order chi connectivity index (χ0) is 15.9. The molecule has 0 aliphatic rings. The Bertz CT molecular complexity index is 840. The van der Waals surface area contributed by atoms with Crippen molar-refractivity contribution in [2.24, 2.45) is 0 Å². The molecule has 3 rings (SSSR count). The van der Waals surface area contributed by atoms with Crippen molar-refractivity contribution >= 4 is 5.65 Å². The van der Waals surface area contributed by atoms with E-state index in [9.17, 15) is 13.2 Å². The number of hydrogen-bond acceptors (Lipinski definition) is 3. The number of nitrogens with zero attached hydrogens (tertiary/aromatic N) is 3. The van der Waals surface area contributed by atoms with Gasteiger partial charge in [-0.2, -0.15) is 13.2 Å². The number of rotatable bonds is 2. The fraction of sp³-hybridized carbons (Fsp3) is 0.200. The first-order chi connectivity index (χ1) is 10.4. The Morgan fingerprint density at radius 2 is 1.95 bits per heavy atom. The van der Waals surface area contributed by atoms with Gasteiger partial charge in [-0.25, -0.2) is 4.98 Å². The molecule has 114 valence electrons. The Balaban J connectivity index is 2.35. The Hall–Kier alpha value is -2.57. The third kappa shape index (κ3) is 2.28. The molecule has 4 nitrogen and oxygen atoms in total. The highest BCUT2D eigenvalue weighted by Crippen LogP contribution is 2.39. The van der Waals surface area contributed by atoms with Crippen molar-refractivity contribution in [3.05, 3.63) is 48.0 Å². The summed E-state index contributed by atoms with van der Waals surface area (Å²) in [5.41, 5.74) is 0.621. The van der Waals surface area contributed by atoms with Gasteiger partial charge >= 0.3 is 6.18 Å². The molecule has 0 radical (unpaired) electrons. The number of fused-ring (bicyclic) bond motifs is 1. The molecule has 0 saturated carbocycles. The highest BCUT2D eigenvalue weighted by Gasteiger charge is 2.35. The minimum absolute atomic E-state index is 0.0434. The van der Waals surface area contributed by atoms with E-state index in [1.54, 1.807) is 17.5 Å². The summed E-state index contributed by atoms with van der Waals surface area (Å²) in [7, 11) is 1.33. The third-order valence-electron chi connectivity index (χ3n) is 3.41. The summed E-state index contributed by atoms with van der Waals surface area (Å²) in [4.78, 5) is 8.21. The molecule has 0 amide bonds. The largest absolute Gasteiger partial charge is 0.497 e. The van der Waals surface area contributed by atoms with E-state index in [1.165, 1.54) is 31.6 Å². The lowest BCUT2D eigenvalue weighted by Gasteiger charge is -2.16. The van der Waals surface area contributed by atoms with Gasteiger partial charge in [0.1, 0.15) is 5.75 Å². The first kappa shape index (κ1) is 14.4. The first-order valence-corrected chi connectivity index (χ1v) is 6.46. The van der Waals surface area contributed by atoms with E-state index in [0.717, 1.165) is 6.07 Å². The second-order valence-electron chi connectivity index (χ2n) is 4.76. The lowest BCUT2D eigenvalue weighted by atomic mass is 10.0. The average Bonchev–Trinajstić information content (AvgIpc) is 2.94. The van der Waals surface area contributed by atoms with Crippen LogP contribution in [0.1, 0.15) is 11.3 Å². The van der Waals surface area contributed by atoms with Crippen LogP contribution in [-0.2, 0) is 6.18 Å². The van der Waals surface area contributed by atoms with Gasteiger partial charge in [0.25, 0.3) is 0 Å². The van der Waals surface area contributed by atoms with Crippen LogP contribution in [0, 0.1) is 6.92 Å². The summed E-state index contributed by atoms with van der Waals surface area (Å²) in [5.74, 6) is 0.152. The SMILES string of the molecule is COc1ccc(-c2c(C)ncc3nccn23)c(C(F)(F)F)c1. The van der Waals surface area contributed by atoms with E-state index in [4.69, 9.17) is 4.74 Å². The highest BCUT2D eigenvalue weighted by molar-refractivity contribution is 5.70. The van der Waals surface area contributed by atoms with Crippen LogP contribution in [0.3, 0.4) is 0 Å². The summed E-state index contributed by atoms with van der Waals surface area (Å²) in [5, 5.41) is 0. The maximum Gasteiger partial charge on any atom is 0.417 e. The lowest BCUT2D eigenvalue weighted by molar-refractivity contribution is -0.137. The van der Waals surface area contributed by atoms with E-state index < -0.39 is 11.7 Å². The fourth-order valence-corrected chi connectivity index (χ4v) is 2.41. The second kappa shape index (κ2) is 5.01. The van der Waals surface area contributed by atoms with Crippen molar-refractivity contribution in [2.75, 3.05) is 7.11 Å². The predicted molar refractivity (Wildman–Crippen MR) is 74.7 cm³/mol. The monoisotopic (exact) mass is 307 g/mol. The van der Waals surface area contributed by atoms with Crippen LogP contribution >= 0.6 is 0 Å². The van der Waals surface area contributed by atoms with Crippen LogP contribution in [0.25, 0.3) is 16.9 Å². The standard InChI is InChI=1S/C15H12F3N3O/c1-9-14(21-6-5-19-13(21)8-20-9)11-4-3-10(22-2)7-12(11)15(16,17)18/h3-8H,1-2H3. The van der Waals surface area contributed by atoms with Crippen LogP contribution < -0.4 is 4.74 Å². The van der Waals surface area contributed by atoms with Crippen molar-refractivity contribution in [1.82, 2.24) is 14.4 Å². The highest BCUT2D eigenvalue weighted by atomic mass is 19.4. The van der Waals surface area contributed by atoms with Crippen LogP contribution in [0.5, 0.6) is 5.75 Å². The van der Waals surface area contributed by atoms with Gasteiger partial charge < -0.3 is 4.74 Å². The lowest BCUT2D eigenvalue weighted by Crippen LogP contribution is -2.10. The quantitative estimate of drug-likeness (QED) is 0.724. The summed E-state index contributed by atoms with van der Waals surface area (Å²) in [6.07, 6.45) is 0.162. The molecule has 3 aromatic rings. The molecule has 0 fully saturated rings. The third-order valence-corrected chi connectivity index (χ3v) is 3.41. The smallest absolute Gasteiger partial charge is 0.417 e. The van der Waals surface area contributed by atoms with E-state index >= 15 is 0 Å². The Labute approximate surface area is 124 Å². The molecule has 1 aromatic carbocycles. The molecule has 0 unspecified atom stereocenters. The second-order valence-corrected chi connectivity index (χ2v) is 4.76. The zero-order valence-corrected chi connectivity index (χ0v) is 11.8. The van der Waals surface area contributed by atoms with Crippen molar-refractivity contribution in [3.8, 4) is 17.0 Å². The number of methoxy groups -OCH3 is 1. The molecule has 2 heterocycles. The average molecular weight is 307 g/mol. The van der Waals surface area contributed by atoms with Crippen molar-refractivity contribution in [3.63, 3.8) is 0 Å². The van der Waals surface area contributed by atoms with Gasteiger partial charge in [-0.3, -0.25) is 9.38 Å². The molecular weight excluding hydrogens is 295 g/mol. The molecular formula is C15H12F3N3O. The molecule has 7 heteroatoms. The number of benzene rings is 1. The normalized spacial score (nSPS) is 11.9. The van der Waals surface area contributed by atoms with Crippen molar-refractivity contribution < 1.29 is 17.9 Å². The maximum atomic E-state index is 13.4. The van der Waals surface area contributed by atoms with Gasteiger partial charge in [0.05, 0.1) is 30.3 Å². The molecule has 22 heavy (non-hydrogen) atoms. The number of ether oxygens (including phenoxy) is 1. The Kier molecular flexibility index (Phi) is 3.27. The molecule has 0 bridgehead atoms. The van der Waals surface area contributed by atoms with Gasteiger partial charge in [0.2, 0.25) is 0 Å². The maximum absolute atomic E-state index is 13.4. The van der Waals surface area contributed by atoms with Crippen LogP contribution in [0.4, 0.5) is 13.2 Å². The first-order valence-electron chi connectivity index (χ1n) is 6.46. The molecule has 0 saturated heterocycles. The molecule has 0 aliphatic heterocycles. The number of aryl methyl sites for hydroxylation is 1. The minimum Gasteiger partial charge on any atom is -0.497 e. The number of alkyl halides is 3. The summed E-state index contributed by atoms with van der Waals surface area (Å²) >= 11 is 0. The number of hydrogen-bond donors (Lipinski definition) is 0. The number of aromatic nitrogens is 3. The summed E-state index contributed by atoms with van der Waals surface area (Å²) in [6, 6.07) is 3.88. The van der Waals surface area contributed by atoms with Crippen LogP contribution in [0.15, 0.2) is 36.8 Å². The molecule has 0 spiro atoms. The topological polar surface area (TPSA) is 39.4 Å². The predicted octanol–water partition coefficient (Wildman–Crippen LogP) is 3.73. The van der Waals surface area contributed by atoms with Crippen LogP contribution in [0.2, 0.25) is 0 Å². The zero-order valence-electron chi connectivity index (χ0n) is 11.8.